The van der Waals surface area contributed by atoms with Crippen molar-refractivity contribution in [2.24, 2.45) is 5.92 Å². The van der Waals surface area contributed by atoms with Crippen molar-refractivity contribution >= 4 is 17.6 Å². The molecule has 3 nitrogen and oxygen atoms in total. The quantitative estimate of drug-likeness (QED) is 0.743. The molecule has 15 heavy (non-hydrogen) atoms. The van der Waals surface area contributed by atoms with Crippen LogP contribution in [0, 0.1) is 5.92 Å². The normalized spacial score (nSPS) is 31.3. The Morgan fingerprint density at radius 1 is 1.67 bits per heavy atom. The largest absolute Gasteiger partial charge is 0.469 e. The Labute approximate surface area is 95.1 Å². The molecular formula is C11H17ClO3. The smallest absolute Gasteiger partial charge is 0.311 e. The molecule has 1 rings (SSSR count). The van der Waals surface area contributed by atoms with Crippen LogP contribution in [0.25, 0.3) is 0 Å². The number of hydrogen-bond donors (Lipinski definition) is 1. The van der Waals surface area contributed by atoms with Crippen molar-refractivity contribution in [2.45, 2.75) is 38.2 Å². The van der Waals surface area contributed by atoms with Crippen LogP contribution in [-0.2, 0) is 9.53 Å². The number of ether oxygens (including phenoxy) is 1. The highest BCUT2D eigenvalue weighted by Gasteiger charge is 2.43. The first-order chi connectivity index (χ1) is 7.06. The lowest BCUT2D eigenvalue weighted by molar-refractivity contribution is -0.153. The maximum absolute atomic E-state index is 11.4. The molecule has 0 saturated heterocycles. The van der Waals surface area contributed by atoms with E-state index in [4.69, 9.17) is 11.6 Å². The Hall–Kier alpha value is -0.540. The SMILES string of the molecule is COC(=O)C(C)C1(O)CCCC/C1=C\Cl. The molecule has 0 bridgehead atoms. The molecule has 1 aliphatic rings. The summed E-state index contributed by atoms with van der Waals surface area (Å²) in [7, 11) is 1.33. The lowest BCUT2D eigenvalue weighted by atomic mass is 9.73. The first-order valence-corrected chi connectivity index (χ1v) is 5.60. The highest BCUT2D eigenvalue weighted by Crippen LogP contribution is 2.39. The second-order valence-electron chi connectivity index (χ2n) is 4.01. The molecule has 0 aromatic heterocycles. The molecule has 2 atom stereocenters. The fourth-order valence-electron chi connectivity index (χ4n) is 2.10. The maximum atomic E-state index is 11.4. The average Bonchev–Trinajstić information content (AvgIpc) is 2.27. The molecule has 0 amide bonds. The summed E-state index contributed by atoms with van der Waals surface area (Å²) in [4.78, 5) is 11.4. The molecule has 0 aromatic rings. The van der Waals surface area contributed by atoms with Crippen molar-refractivity contribution in [1.29, 1.82) is 0 Å². The summed E-state index contributed by atoms with van der Waals surface area (Å²) < 4.78 is 4.65. The number of hydrogen-bond acceptors (Lipinski definition) is 3. The predicted octanol–water partition coefficient (Wildman–Crippen LogP) is 2.22. The Kier molecular flexibility index (Phi) is 4.17. The number of rotatable bonds is 2. The minimum Gasteiger partial charge on any atom is -0.469 e. The first-order valence-electron chi connectivity index (χ1n) is 5.16. The van der Waals surface area contributed by atoms with Crippen LogP contribution in [0.4, 0.5) is 0 Å². The van der Waals surface area contributed by atoms with Crippen molar-refractivity contribution < 1.29 is 14.6 Å². The minimum atomic E-state index is -1.12. The standard InChI is InChI=1S/C11H17ClO3/c1-8(10(13)15-2)11(14)6-4-3-5-9(11)7-12/h7-8,14H,3-6H2,1-2H3/b9-7+. The van der Waals surface area contributed by atoms with Gasteiger partial charge in [0.1, 0.15) is 0 Å². The van der Waals surface area contributed by atoms with Crippen LogP contribution in [0.2, 0.25) is 0 Å². The van der Waals surface area contributed by atoms with E-state index in [1.54, 1.807) is 6.92 Å². The fraction of sp³-hybridized carbons (Fsp3) is 0.727. The number of aliphatic hydroxyl groups is 1. The van der Waals surface area contributed by atoms with Crippen molar-refractivity contribution in [2.75, 3.05) is 7.11 Å². The van der Waals surface area contributed by atoms with Gasteiger partial charge in [0, 0.05) is 5.54 Å². The van der Waals surface area contributed by atoms with E-state index in [0.29, 0.717) is 6.42 Å². The molecule has 1 aliphatic carbocycles. The van der Waals surface area contributed by atoms with Crippen LogP contribution < -0.4 is 0 Å². The number of halogens is 1. The van der Waals surface area contributed by atoms with Crippen LogP contribution in [0.3, 0.4) is 0 Å². The van der Waals surface area contributed by atoms with Crippen molar-refractivity contribution in [3.05, 3.63) is 11.1 Å². The monoisotopic (exact) mass is 232 g/mol. The number of esters is 1. The van der Waals surface area contributed by atoms with Gasteiger partial charge in [0.05, 0.1) is 18.6 Å². The number of carbonyl (C=O) groups is 1. The van der Waals surface area contributed by atoms with Crippen LogP contribution in [0.1, 0.15) is 32.6 Å². The summed E-state index contributed by atoms with van der Waals surface area (Å²) in [5, 5.41) is 10.4. The van der Waals surface area contributed by atoms with E-state index in [-0.39, 0.29) is 0 Å². The van der Waals surface area contributed by atoms with Crippen LogP contribution in [-0.4, -0.2) is 23.8 Å². The predicted molar refractivity (Wildman–Crippen MR) is 58.5 cm³/mol. The van der Waals surface area contributed by atoms with Crippen molar-refractivity contribution in [3.63, 3.8) is 0 Å². The van der Waals surface area contributed by atoms with E-state index in [1.807, 2.05) is 0 Å². The molecule has 0 spiro atoms. The zero-order valence-electron chi connectivity index (χ0n) is 9.12. The van der Waals surface area contributed by atoms with E-state index >= 15 is 0 Å². The molecule has 4 heteroatoms. The molecule has 1 N–H and O–H groups in total. The molecule has 0 aliphatic heterocycles. The van der Waals surface area contributed by atoms with Crippen molar-refractivity contribution in [3.8, 4) is 0 Å². The van der Waals surface area contributed by atoms with Gasteiger partial charge >= 0.3 is 5.97 Å². The zero-order valence-corrected chi connectivity index (χ0v) is 9.88. The second-order valence-corrected chi connectivity index (χ2v) is 4.23. The average molecular weight is 233 g/mol. The van der Waals surface area contributed by atoms with Gasteiger partial charge in [0.2, 0.25) is 0 Å². The first kappa shape index (κ1) is 12.5. The van der Waals surface area contributed by atoms with Gasteiger partial charge in [-0.3, -0.25) is 4.79 Å². The maximum Gasteiger partial charge on any atom is 0.311 e. The van der Waals surface area contributed by atoms with E-state index in [0.717, 1.165) is 24.8 Å². The fourth-order valence-corrected chi connectivity index (χ4v) is 2.40. The molecule has 0 radical (unpaired) electrons. The Morgan fingerprint density at radius 2 is 2.33 bits per heavy atom. The molecule has 2 unspecified atom stereocenters. The lowest BCUT2D eigenvalue weighted by Gasteiger charge is -2.38. The van der Waals surface area contributed by atoms with Crippen molar-refractivity contribution in [1.82, 2.24) is 0 Å². The topological polar surface area (TPSA) is 46.5 Å². The van der Waals surface area contributed by atoms with Gasteiger partial charge in [0.15, 0.2) is 0 Å². The highest BCUT2D eigenvalue weighted by atomic mass is 35.5. The zero-order chi connectivity index (χ0) is 11.5. The third-order valence-electron chi connectivity index (χ3n) is 3.21. The Bertz CT molecular complexity index is 275. The van der Waals surface area contributed by atoms with Gasteiger partial charge < -0.3 is 9.84 Å². The van der Waals surface area contributed by atoms with E-state index in [9.17, 15) is 9.90 Å². The molecular weight excluding hydrogens is 216 g/mol. The molecule has 0 heterocycles. The van der Waals surface area contributed by atoms with Gasteiger partial charge in [-0.15, -0.1) is 0 Å². The van der Waals surface area contributed by atoms with Crippen LogP contribution in [0.5, 0.6) is 0 Å². The molecule has 1 saturated carbocycles. The summed E-state index contributed by atoms with van der Waals surface area (Å²) in [5.41, 5.74) is 1.03. The molecule has 1 fully saturated rings. The van der Waals surface area contributed by atoms with E-state index in [2.05, 4.69) is 4.74 Å². The Balaban J connectivity index is 2.91. The molecule has 0 aromatic carbocycles. The summed E-state index contributed by atoms with van der Waals surface area (Å²) >= 11 is 5.68. The number of methoxy groups -OCH3 is 1. The van der Waals surface area contributed by atoms with Gasteiger partial charge in [-0.2, -0.15) is 0 Å². The van der Waals surface area contributed by atoms with E-state index < -0.39 is 17.5 Å². The van der Waals surface area contributed by atoms with Gasteiger partial charge in [-0.05, 0) is 38.2 Å². The highest BCUT2D eigenvalue weighted by molar-refractivity contribution is 6.25. The summed E-state index contributed by atoms with van der Waals surface area (Å²) in [6, 6.07) is 0. The third-order valence-corrected chi connectivity index (χ3v) is 3.48. The summed E-state index contributed by atoms with van der Waals surface area (Å²) in [6.45, 7) is 1.68. The third kappa shape index (κ3) is 2.34. The Morgan fingerprint density at radius 3 is 2.87 bits per heavy atom. The number of carbonyl (C=O) groups excluding carboxylic acids is 1. The summed E-state index contributed by atoms with van der Waals surface area (Å²) in [6.07, 6.45) is 3.24. The lowest BCUT2D eigenvalue weighted by Crippen LogP contribution is -2.44. The minimum absolute atomic E-state index is 0.393. The summed E-state index contributed by atoms with van der Waals surface area (Å²) in [5.74, 6) is -0.955. The van der Waals surface area contributed by atoms with Gasteiger partial charge in [0.25, 0.3) is 0 Å². The van der Waals surface area contributed by atoms with Gasteiger partial charge in [-0.25, -0.2) is 0 Å². The van der Waals surface area contributed by atoms with Crippen LogP contribution >= 0.6 is 11.6 Å². The van der Waals surface area contributed by atoms with E-state index in [1.165, 1.54) is 12.6 Å². The second kappa shape index (κ2) is 4.99. The van der Waals surface area contributed by atoms with Crippen LogP contribution in [0.15, 0.2) is 11.1 Å². The van der Waals surface area contributed by atoms with Gasteiger partial charge in [-0.1, -0.05) is 11.6 Å². The molecule has 86 valence electrons.